The van der Waals surface area contributed by atoms with Gasteiger partial charge in [-0.05, 0) is 43.0 Å². The summed E-state index contributed by atoms with van der Waals surface area (Å²) in [5, 5.41) is 0. The molecular weight excluding hydrogens is 280 g/mol. The molecule has 0 fully saturated rings. The molecule has 0 N–H and O–H groups in total. The van der Waals surface area contributed by atoms with Crippen LogP contribution in [-0.4, -0.2) is 9.97 Å². The predicted molar refractivity (Wildman–Crippen MR) is 96.1 cm³/mol. The van der Waals surface area contributed by atoms with Crippen molar-refractivity contribution in [2.24, 2.45) is 0 Å². The number of nitrogens with zero attached hydrogens (tertiary/aromatic N) is 2. The minimum atomic E-state index is 0.958. The van der Waals surface area contributed by atoms with Crippen LogP contribution in [0.1, 0.15) is 24.1 Å². The van der Waals surface area contributed by atoms with Crippen LogP contribution in [0, 0.1) is 6.92 Å². The fourth-order valence-corrected chi connectivity index (χ4v) is 2.99. The van der Waals surface area contributed by atoms with E-state index in [0.29, 0.717) is 0 Å². The molecule has 4 rings (SSSR count). The number of fused-ring (bicyclic) bond motifs is 1. The molecule has 0 saturated carbocycles. The van der Waals surface area contributed by atoms with Gasteiger partial charge in [-0.15, -0.1) is 0 Å². The molecule has 1 aromatic heterocycles. The topological polar surface area (TPSA) is 25.8 Å². The SMILES string of the molecule is Cc1ccc2nc(C3=CC=CCC3)c(-c3ccccc3)nc2c1. The summed E-state index contributed by atoms with van der Waals surface area (Å²) in [5.41, 5.74) is 7.50. The van der Waals surface area contributed by atoms with Crippen LogP contribution in [0.15, 0.2) is 66.8 Å². The van der Waals surface area contributed by atoms with Gasteiger partial charge in [0.1, 0.15) is 0 Å². The Morgan fingerprint density at radius 2 is 1.70 bits per heavy atom. The van der Waals surface area contributed by atoms with E-state index < -0.39 is 0 Å². The Labute approximate surface area is 136 Å². The first kappa shape index (κ1) is 13.9. The van der Waals surface area contributed by atoms with Crippen molar-refractivity contribution < 1.29 is 0 Å². The van der Waals surface area contributed by atoms with Gasteiger partial charge in [0, 0.05) is 5.56 Å². The highest BCUT2D eigenvalue weighted by atomic mass is 14.8. The molecular formula is C21H18N2. The van der Waals surface area contributed by atoms with E-state index in [1.165, 1.54) is 11.1 Å². The molecule has 1 aliphatic carbocycles. The molecule has 2 aromatic carbocycles. The lowest BCUT2D eigenvalue weighted by molar-refractivity contribution is 1.04. The molecule has 1 aliphatic rings. The third-order valence-corrected chi connectivity index (χ3v) is 4.18. The molecule has 0 spiro atoms. The van der Waals surface area contributed by atoms with Crippen LogP contribution in [0.5, 0.6) is 0 Å². The molecule has 2 nitrogen and oxygen atoms in total. The fourth-order valence-electron chi connectivity index (χ4n) is 2.99. The minimum absolute atomic E-state index is 0.958. The molecule has 3 aromatic rings. The quantitative estimate of drug-likeness (QED) is 0.638. The summed E-state index contributed by atoms with van der Waals surface area (Å²) < 4.78 is 0. The first-order valence-corrected chi connectivity index (χ1v) is 8.01. The average Bonchev–Trinajstić information content (AvgIpc) is 2.62. The van der Waals surface area contributed by atoms with Crippen molar-refractivity contribution in [2.45, 2.75) is 19.8 Å². The molecule has 0 saturated heterocycles. The first-order chi connectivity index (χ1) is 11.3. The van der Waals surface area contributed by atoms with Crippen LogP contribution in [-0.2, 0) is 0 Å². The summed E-state index contributed by atoms with van der Waals surface area (Å²) in [5.74, 6) is 0. The largest absolute Gasteiger partial charge is 0.244 e. The van der Waals surface area contributed by atoms with Crippen molar-refractivity contribution >= 4 is 16.6 Å². The van der Waals surface area contributed by atoms with Gasteiger partial charge in [-0.25, -0.2) is 9.97 Å². The molecule has 1 heterocycles. The highest BCUT2D eigenvalue weighted by molar-refractivity contribution is 5.85. The normalized spacial score (nSPS) is 14.0. The van der Waals surface area contributed by atoms with E-state index in [2.05, 4.69) is 67.6 Å². The Hall–Kier alpha value is -2.74. The lowest BCUT2D eigenvalue weighted by atomic mass is 9.97. The summed E-state index contributed by atoms with van der Waals surface area (Å²) in [6, 6.07) is 16.6. The smallest absolute Gasteiger partial charge is 0.0969 e. The van der Waals surface area contributed by atoms with Gasteiger partial charge < -0.3 is 0 Å². The Bertz CT molecular complexity index is 921. The zero-order valence-corrected chi connectivity index (χ0v) is 13.2. The molecule has 0 radical (unpaired) electrons. The zero-order valence-electron chi connectivity index (χ0n) is 13.2. The lowest BCUT2D eigenvalue weighted by Gasteiger charge is -2.14. The molecule has 2 heteroatoms. The van der Waals surface area contributed by atoms with Crippen LogP contribution in [0.3, 0.4) is 0 Å². The van der Waals surface area contributed by atoms with Gasteiger partial charge in [0.25, 0.3) is 0 Å². The van der Waals surface area contributed by atoms with Crippen LogP contribution < -0.4 is 0 Å². The number of aromatic nitrogens is 2. The van der Waals surface area contributed by atoms with Gasteiger partial charge in [-0.1, -0.05) is 54.6 Å². The summed E-state index contributed by atoms with van der Waals surface area (Å²) in [7, 11) is 0. The number of allylic oxidation sites excluding steroid dienone is 4. The van der Waals surface area contributed by atoms with E-state index in [4.69, 9.17) is 9.97 Å². The molecule has 0 aliphatic heterocycles. The van der Waals surface area contributed by atoms with E-state index in [-0.39, 0.29) is 0 Å². The van der Waals surface area contributed by atoms with E-state index in [1.807, 2.05) is 6.07 Å². The van der Waals surface area contributed by atoms with Gasteiger partial charge in [0.05, 0.1) is 22.4 Å². The number of benzene rings is 2. The second-order valence-corrected chi connectivity index (χ2v) is 5.94. The van der Waals surface area contributed by atoms with Crippen molar-refractivity contribution in [3.05, 3.63) is 78.0 Å². The second kappa shape index (κ2) is 5.81. The van der Waals surface area contributed by atoms with Crippen molar-refractivity contribution in [3.8, 4) is 11.3 Å². The van der Waals surface area contributed by atoms with Gasteiger partial charge >= 0.3 is 0 Å². The van der Waals surface area contributed by atoms with E-state index in [0.717, 1.165) is 40.8 Å². The third kappa shape index (κ3) is 2.68. The predicted octanol–water partition coefficient (Wildman–Crippen LogP) is 5.34. The second-order valence-electron chi connectivity index (χ2n) is 5.94. The van der Waals surface area contributed by atoms with Crippen molar-refractivity contribution in [1.82, 2.24) is 9.97 Å². The summed E-state index contributed by atoms with van der Waals surface area (Å²) in [4.78, 5) is 9.91. The molecule has 112 valence electrons. The van der Waals surface area contributed by atoms with Gasteiger partial charge in [-0.2, -0.15) is 0 Å². The maximum atomic E-state index is 4.95. The highest BCUT2D eigenvalue weighted by Crippen LogP contribution is 2.31. The molecule has 0 amide bonds. The zero-order chi connectivity index (χ0) is 15.6. The first-order valence-electron chi connectivity index (χ1n) is 8.01. The van der Waals surface area contributed by atoms with Crippen molar-refractivity contribution in [3.63, 3.8) is 0 Å². The molecule has 23 heavy (non-hydrogen) atoms. The Morgan fingerprint density at radius 3 is 2.48 bits per heavy atom. The minimum Gasteiger partial charge on any atom is -0.244 e. The van der Waals surface area contributed by atoms with Crippen molar-refractivity contribution in [1.29, 1.82) is 0 Å². The number of hydrogen-bond donors (Lipinski definition) is 0. The van der Waals surface area contributed by atoms with Crippen LogP contribution in [0.25, 0.3) is 27.9 Å². The molecule has 0 bridgehead atoms. The van der Waals surface area contributed by atoms with E-state index >= 15 is 0 Å². The molecule has 0 unspecified atom stereocenters. The molecule has 0 atom stereocenters. The highest BCUT2D eigenvalue weighted by Gasteiger charge is 2.15. The van der Waals surface area contributed by atoms with Crippen molar-refractivity contribution in [2.75, 3.05) is 0 Å². The number of aryl methyl sites for hydroxylation is 1. The van der Waals surface area contributed by atoms with Gasteiger partial charge in [0.2, 0.25) is 0 Å². The van der Waals surface area contributed by atoms with E-state index in [1.54, 1.807) is 0 Å². The third-order valence-electron chi connectivity index (χ3n) is 4.18. The summed E-state index contributed by atoms with van der Waals surface area (Å²) >= 11 is 0. The standard InChI is InChI=1S/C21H18N2/c1-15-12-13-18-19(14-15)23-21(17-10-6-3-7-11-17)20(22-18)16-8-4-2-5-9-16/h2-4,6-8,10-14H,5,9H2,1H3. The maximum Gasteiger partial charge on any atom is 0.0969 e. The van der Waals surface area contributed by atoms with Crippen LogP contribution in [0.2, 0.25) is 0 Å². The Kier molecular flexibility index (Phi) is 3.51. The van der Waals surface area contributed by atoms with E-state index in [9.17, 15) is 0 Å². The van der Waals surface area contributed by atoms with Gasteiger partial charge in [-0.3, -0.25) is 0 Å². The maximum absolute atomic E-state index is 4.95. The summed E-state index contributed by atoms with van der Waals surface area (Å²) in [6.45, 7) is 2.09. The Morgan fingerprint density at radius 1 is 0.870 bits per heavy atom. The van der Waals surface area contributed by atoms with Crippen LogP contribution in [0.4, 0.5) is 0 Å². The summed E-state index contributed by atoms with van der Waals surface area (Å²) in [6.07, 6.45) is 8.56. The fraction of sp³-hybridized carbons (Fsp3) is 0.143. The average molecular weight is 298 g/mol. The van der Waals surface area contributed by atoms with Gasteiger partial charge in [0.15, 0.2) is 0 Å². The lowest BCUT2D eigenvalue weighted by Crippen LogP contribution is -2.00. The number of rotatable bonds is 2. The van der Waals surface area contributed by atoms with Crippen LogP contribution >= 0.6 is 0 Å². The Balaban J connectivity index is 2.00. The monoisotopic (exact) mass is 298 g/mol. The number of hydrogen-bond acceptors (Lipinski definition) is 2.